The lowest BCUT2D eigenvalue weighted by Gasteiger charge is -2.04. The first-order valence-electron chi connectivity index (χ1n) is 9.27. The van der Waals surface area contributed by atoms with Crippen molar-refractivity contribution in [3.8, 4) is 17.4 Å². The number of aryl methyl sites for hydroxylation is 1. The van der Waals surface area contributed by atoms with Crippen molar-refractivity contribution in [2.75, 3.05) is 6.54 Å². The molecular weight excluding hydrogens is 382 g/mol. The van der Waals surface area contributed by atoms with Crippen molar-refractivity contribution in [2.24, 2.45) is 0 Å². The fourth-order valence-electron chi connectivity index (χ4n) is 2.96. The van der Waals surface area contributed by atoms with Crippen LogP contribution in [0.15, 0.2) is 70.7 Å². The van der Waals surface area contributed by atoms with Gasteiger partial charge in [-0.3, -0.25) is 14.9 Å². The SMILES string of the molecule is Cc1cc([N+](=O)[O-])ccc1-c1ccc(/C=C(\C#N)C(=O)NCCc2ccccc2)o1. The summed E-state index contributed by atoms with van der Waals surface area (Å²) in [5.74, 6) is 0.367. The number of non-ortho nitro benzene ring substituents is 1. The molecule has 3 rings (SSSR count). The van der Waals surface area contributed by atoms with Gasteiger partial charge in [-0.1, -0.05) is 30.3 Å². The van der Waals surface area contributed by atoms with Crippen LogP contribution in [0.3, 0.4) is 0 Å². The first kappa shape index (κ1) is 20.6. The molecule has 0 aliphatic rings. The molecule has 0 saturated carbocycles. The molecular formula is C23H19N3O4. The molecule has 0 spiro atoms. The Labute approximate surface area is 173 Å². The van der Waals surface area contributed by atoms with Crippen molar-refractivity contribution >= 4 is 17.7 Å². The van der Waals surface area contributed by atoms with Gasteiger partial charge in [0.2, 0.25) is 0 Å². The molecule has 1 aromatic heterocycles. The molecule has 3 aromatic rings. The molecule has 0 aliphatic heterocycles. The van der Waals surface area contributed by atoms with E-state index < -0.39 is 10.8 Å². The standard InChI is InChI=1S/C23H19N3O4/c1-16-13-19(26(28)29)7-9-21(16)22-10-8-20(30-22)14-18(15-24)23(27)25-12-11-17-5-3-2-4-6-17/h2-10,13-14H,11-12H2,1H3,(H,25,27)/b18-14+. The van der Waals surface area contributed by atoms with E-state index in [2.05, 4.69) is 5.32 Å². The number of carbonyl (C=O) groups excluding carboxylic acids is 1. The maximum Gasteiger partial charge on any atom is 0.269 e. The highest BCUT2D eigenvalue weighted by Crippen LogP contribution is 2.29. The lowest BCUT2D eigenvalue weighted by Crippen LogP contribution is -2.26. The Morgan fingerprint density at radius 2 is 1.97 bits per heavy atom. The normalized spacial score (nSPS) is 11.0. The van der Waals surface area contributed by atoms with Gasteiger partial charge in [0.15, 0.2) is 0 Å². The van der Waals surface area contributed by atoms with Crippen LogP contribution in [0.1, 0.15) is 16.9 Å². The first-order chi connectivity index (χ1) is 14.5. The Morgan fingerprint density at radius 1 is 1.20 bits per heavy atom. The van der Waals surface area contributed by atoms with E-state index >= 15 is 0 Å². The number of nitriles is 1. The molecule has 0 radical (unpaired) electrons. The summed E-state index contributed by atoms with van der Waals surface area (Å²) in [5.41, 5.74) is 2.42. The van der Waals surface area contributed by atoms with Gasteiger partial charge in [-0.05, 0) is 42.7 Å². The molecule has 0 unspecified atom stereocenters. The summed E-state index contributed by atoms with van der Waals surface area (Å²) >= 11 is 0. The average molecular weight is 401 g/mol. The second kappa shape index (κ2) is 9.34. The molecule has 1 N–H and O–H groups in total. The second-order valence-electron chi connectivity index (χ2n) is 6.62. The van der Waals surface area contributed by atoms with Gasteiger partial charge in [0.05, 0.1) is 4.92 Å². The predicted octanol–water partition coefficient (Wildman–Crippen LogP) is 4.43. The molecule has 30 heavy (non-hydrogen) atoms. The maximum absolute atomic E-state index is 12.3. The highest BCUT2D eigenvalue weighted by Gasteiger charge is 2.14. The number of benzene rings is 2. The molecule has 2 aromatic carbocycles. The number of amides is 1. The van der Waals surface area contributed by atoms with Crippen molar-refractivity contribution in [2.45, 2.75) is 13.3 Å². The van der Waals surface area contributed by atoms with Crippen molar-refractivity contribution in [3.63, 3.8) is 0 Å². The molecule has 1 amide bonds. The first-order valence-corrected chi connectivity index (χ1v) is 9.27. The Balaban J connectivity index is 1.69. The largest absolute Gasteiger partial charge is 0.457 e. The number of carbonyl (C=O) groups is 1. The Bertz CT molecular complexity index is 1140. The summed E-state index contributed by atoms with van der Waals surface area (Å²) in [5, 5.41) is 23.0. The fourth-order valence-corrected chi connectivity index (χ4v) is 2.96. The molecule has 0 aliphatic carbocycles. The van der Waals surface area contributed by atoms with Gasteiger partial charge in [-0.2, -0.15) is 5.26 Å². The number of hydrogen-bond donors (Lipinski definition) is 1. The average Bonchev–Trinajstić information content (AvgIpc) is 3.20. The lowest BCUT2D eigenvalue weighted by molar-refractivity contribution is -0.384. The molecule has 150 valence electrons. The molecule has 0 fully saturated rings. The molecule has 1 heterocycles. The van der Waals surface area contributed by atoms with Gasteiger partial charge < -0.3 is 9.73 Å². The van der Waals surface area contributed by atoms with E-state index in [-0.39, 0.29) is 11.3 Å². The van der Waals surface area contributed by atoms with Crippen LogP contribution in [0.2, 0.25) is 0 Å². The predicted molar refractivity (Wildman–Crippen MR) is 112 cm³/mol. The minimum atomic E-state index is -0.474. The number of hydrogen-bond acceptors (Lipinski definition) is 5. The quantitative estimate of drug-likeness (QED) is 0.273. The molecule has 7 heteroatoms. The van der Waals surface area contributed by atoms with E-state index in [1.165, 1.54) is 18.2 Å². The smallest absolute Gasteiger partial charge is 0.269 e. The van der Waals surface area contributed by atoms with Crippen LogP contribution in [-0.4, -0.2) is 17.4 Å². The van der Waals surface area contributed by atoms with Crippen LogP contribution in [0, 0.1) is 28.4 Å². The van der Waals surface area contributed by atoms with Crippen LogP contribution in [-0.2, 0) is 11.2 Å². The number of nitro groups is 1. The Kier molecular flexibility index (Phi) is 6.40. The maximum atomic E-state index is 12.3. The van der Waals surface area contributed by atoms with E-state index in [9.17, 15) is 20.2 Å². The number of furan rings is 1. The summed E-state index contributed by atoms with van der Waals surface area (Å²) in [6.45, 7) is 2.16. The van der Waals surface area contributed by atoms with Crippen molar-refractivity contribution in [1.82, 2.24) is 5.32 Å². The molecule has 7 nitrogen and oxygen atoms in total. The highest BCUT2D eigenvalue weighted by molar-refractivity contribution is 6.01. The van der Waals surface area contributed by atoms with Crippen molar-refractivity contribution < 1.29 is 14.1 Å². The van der Waals surface area contributed by atoms with Crippen LogP contribution < -0.4 is 5.32 Å². The molecule has 0 atom stereocenters. The minimum Gasteiger partial charge on any atom is -0.457 e. The van der Waals surface area contributed by atoms with Gasteiger partial charge >= 0.3 is 0 Å². The summed E-state index contributed by atoms with van der Waals surface area (Å²) < 4.78 is 5.73. The van der Waals surface area contributed by atoms with Gasteiger partial charge in [0, 0.05) is 30.3 Å². The Hall–Kier alpha value is -4.18. The molecule has 0 saturated heterocycles. The summed E-state index contributed by atoms with van der Waals surface area (Å²) in [7, 11) is 0. The van der Waals surface area contributed by atoms with Crippen LogP contribution in [0.4, 0.5) is 5.69 Å². The van der Waals surface area contributed by atoms with Gasteiger partial charge in [0.25, 0.3) is 11.6 Å². The van der Waals surface area contributed by atoms with E-state index in [1.54, 1.807) is 25.1 Å². The van der Waals surface area contributed by atoms with Crippen LogP contribution in [0.5, 0.6) is 0 Å². The van der Waals surface area contributed by atoms with Crippen LogP contribution >= 0.6 is 0 Å². The number of nitrogens with one attached hydrogen (secondary N) is 1. The summed E-state index contributed by atoms with van der Waals surface area (Å²) in [6, 6.07) is 19.4. The van der Waals surface area contributed by atoms with Crippen LogP contribution in [0.25, 0.3) is 17.4 Å². The van der Waals surface area contributed by atoms with Gasteiger partial charge in [-0.15, -0.1) is 0 Å². The summed E-state index contributed by atoms with van der Waals surface area (Å²) in [4.78, 5) is 22.7. The fraction of sp³-hybridized carbons (Fsp3) is 0.130. The van der Waals surface area contributed by atoms with E-state index in [0.29, 0.717) is 35.6 Å². The topological polar surface area (TPSA) is 109 Å². The second-order valence-corrected chi connectivity index (χ2v) is 6.62. The minimum absolute atomic E-state index is 0.00173. The zero-order valence-corrected chi connectivity index (χ0v) is 16.3. The Morgan fingerprint density at radius 3 is 2.63 bits per heavy atom. The van der Waals surface area contributed by atoms with E-state index in [1.807, 2.05) is 36.4 Å². The van der Waals surface area contributed by atoms with Gasteiger partial charge in [0.1, 0.15) is 23.2 Å². The monoisotopic (exact) mass is 401 g/mol. The van der Waals surface area contributed by atoms with E-state index in [0.717, 1.165) is 5.56 Å². The zero-order chi connectivity index (χ0) is 21.5. The number of nitro benzene ring substituents is 1. The highest BCUT2D eigenvalue weighted by atomic mass is 16.6. The molecule has 0 bridgehead atoms. The number of rotatable bonds is 7. The zero-order valence-electron chi connectivity index (χ0n) is 16.3. The van der Waals surface area contributed by atoms with Crippen molar-refractivity contribution in [3.05, 3.63) is 93.2 Å². The third-order valence-electron chi connectivity index (χ3n) is 4.51. The van der Waals surface area contributed by atoms with Gasteiger partial charge in [-0.25, -0.2) is 0 Å². The third-order valence-corrected chi connectivity index (χ3v) is 4.51. The summed E-state index contributed by atoms with van der Waals surface area (Å²) in [6.07, 6.45) is 2.04. The van der Waals surface area contributed by atoms with Crippen molar-refractivity contribution in [1.29, 1.82) is 5.26 Å². The lowest BCUT2D eigenvalue weighted by atomic mass is 10.1. The number of nitrogens with zero attached hydrogens (tertiary/aromatic N) is 2. The van der Waals surface area contributed by atoms with E-state index in [4.69, 9.17) is 4.42 Å². The third kappa shape index (κ3) is 5.00.